The van der Waals surface area contributed by atoms with Crippen LogP contribution in [0.1, 0.15) is 27.2 Å². The van der Waals surface area contributed by atoms with Crippen LogP contribution in [-0.2, 0) is 19.1 Å². The molecule has 0 aliphatic rings. The number of rotatable bonds is 4. The summed E-state index contributed by atoms with van der Waals surface area (Å²) in [5, 5.41) is 0.485. The van der Waals surface area contributed by atoms with Crippen LogP contribution in [0.4, 0.5) is 0 Å². The third-order valence-corrected chi connectivity index (χ3v) is 1.87. The number of ether oxygens (including phenoxy) is 2. The molecule has 0 aromatic rings. The lowest BCUT2D eigenvalue weighted by atomic mass is 10.1. The van der Waals surface area contributed by atoms with Crippen LogP contribution in [0.2, 0.25) is 0 Å². The van der Waals surface area contributed by atoms with Gasteiger partial charge in [0, 0.05) is 10.9 Å². The SMILES string of the molecule is COC(=O)CC(=CCBr)C(=O)OC(C)(C)C. The van der Waals surface area contributed by atoms with E-state index >= 15 is 0 Å². The van der Waals surface area contributed by atoms with Crippen molar-refractivity contribution < 1.29 is 19.1 Å². The topological polar surface area (TPSA) is 52.6 Å². The van der Waals surface area contributed by atoms with Crippen molar-refractivity contribution >= 4 is 27.9 Å². The predicted octanol–water partition coefficient (Wildman–Crippen LogP) is 2.21. The molecule has 0 fully saturated rings. The second-order valence-corrected chi connectivity index (χ2v) is 4.79. The van der Waals surface area contributed by atoms with E-state index in [4.69, 9.17) is 4.74 Å². The van der Waals surface area contributed by atoms with Crippen LogP contribution in [0.5, 0.6) is 0 Å². The Kier molecular flexibility index (Phi) is 6.33. The summed E-state index contributed by atoms with van der Waals surface area (Å²) in [7, 11) is 1.28. The summed E-state index contributed by atoms with van der Waals surface area (Å²) in [4.78, 5) is 22.8. The molecule has 0 rings (SSSR count). The van der Waals surface area contributed by atoms with Gasteiger partial charge in [-0.2, -0.15) is 0 Å². The van der Waals surface area contributed by atoms with E-state index in [-0.39, 0.29) is 6.42 Å². The summed E-state index contributed by atoms with van der Waals surface area (Å²) in [6.45, 7) is 5.32. The first-order valence-electron chi connectivity index (χ1n) is 4.85. The third kappa shape index (κ3) is 6.61. The number of carbonyl (C=O) groups is 2. The van der Waals surface area contributed by atoms with Gasteiger partial charge >= 0.3 is 11.9 Å². The third-order valence-electron chi connectivity index (χ3n) is 1.55. The Labute approximate surface area is 104 Å². The molecule has 0 unspecified atom stereocenters. The Morgan fingerprint density at radius 1 is 1.31 bits per heavy atom. The van der Waals surface area contributed by atoms with Crippen LogP contribution in [0, 0.1) is 0 Å². The van der Waals surface area contributed by atoms with E-state index in [0.717, 1.165) is 0 Å². The number of carbonyl (C=O) groups excluding carboxylic acids is 2. The molecule has 0 radical (unpaired) electrons. The molecule has 0 heterocycles. The number of esters is 2. The highest BCUT2D eigenvalue weighted by Crippen LogP contribution is 2.14. The van der Waals surface area contributed by atoms with E-state index in [0.29, 0.717) is 10.9 Å². The molecule has 4 nitrogen and oxygen atoms in total. The van der Waals surface area contributed by atoms with E-state index in [2.05, 4.69) is 20.7 Å². The molecular weight excluding hydrogens is 276 g/mol. The van der Waals surface area contributed by atoms with Crippen LogP contribution >= 0.6 is 15.9 Å². The maximum atomic E-state index is 11.7. The molecule has 16 heavy (non-hydrogen) atoms. The van der Waals surface area contributed by atoms with E-state index in [1.165, 1.54) is 7.11 Å². The molecule has 0 amide bonds. The first kappa shape index (κ1) is 15.2. The van der Waals surface area contributed by atoms with Crippen molar-refractivity contribution in [3.8, 4) is 0 Å². The average Bonchev–Trinajstić information content (AvgIpc) is 2.14. The molecule has 0 aliphatic carbocycles. The van der Waals surface area contributed by atoms with Crippen LogP contribution in [-0.4, -0.2) is 30.0 Å². The smallest absolute Gasteiger partial charge is 0.334 e. The molecule has 5 heteroatoms. The Hall–Kier alpha value is -0.840. The number of hydrogen-bond acceptors (Lipinski definition) is 4. The van der Waals surface area contributed by atoms with E-state index in [1.807, 2.05) is 0 Å². The number of methoxy groups -OCH3 is 1. The van der Waals surface area contributed by atoms with E-state index < -0.39 is 17.5 Å². The van der Waals surface area contributed by atoms with Gasteiger partial charge in [0.15, 0.2) is 0 Å². The lowest BCUT2D eigenvalue weighted by molar-refractivity contribution is -0.152. The van der Waals surface area contributed by atoms with Crippen molar-refractivity contribution in [2.45, 2.75) is 32.8 Å². The van der Waals surface area contributed by atoms with Crippen LogP contribution < -0.4 is 0 Å². The summed E-state index contributed by atoms with van der Waals surface area (Å²) >= 11 is 3.17. The molecule has 0 N–H and O–H groups in total. The van der Waals surface area contributed by atoms with Crippen molar-refractivity contribution in [3.05, 3.63) is 11.6 Å². The predicted molar refractivity (Wildman–Crippen MR) is 64.4 cm³/mol. The lowest BCUT2D eigenvalue weighted by Gasteiger charge is -2.20. The molecule has 0 saturated heterocycles. The maximum Gasteiger partial charge on any atom is 0.334 e. The Bertz CT molecular complexity index is 289. The molecule has 0 aliphatic heterocycles. The zero-order chi connectivity index (χ0) is 12.8. The fraction of sp³-hybridized carbons (Fsp3) is 0.636. The van der Waals surface area contributed by atoms with Crippen molar-refractivity contribution in [2.24, 2.45) is 0 Å². The molecule has 0 aromatic heterocycles. The van der Waals surface area contributed by atoms with Crippen LogP contribution in [0.15, 0.2) is 11.6 Å². The van der Waals surface area contributed by atoms with Crippen LogP contribution in [0.3, 0.4) is 0 Å². The van der Waals surface area contributed by atoms with Crippen molar-refractivity contribution in [1.82, 2.24) is 0 Å². The standard InChI is InChI=1S/C11H17BrO4/c1-11(2,3)16-10(14)8(5-6-12)7-9(13)15-4/h5H,6-7H2,1-4H3. The number of hydrogen-bond donors (Lipinski definition) is 0. The molecule has 0 spiro atoms. The summed E-state index contributed by atoms with van der Waals surface area (Å²) < 4.78 is 9.67. The minimum Gasteiger partial charge on any atom is -0.469 e. The number of allylic oxidation sites excluding steroid dienone is 1. The van der Waals surface area contributed by atoms with E-state index in [9.17, 15) is 9.59 Å². The largest absolute Gasteiger partial charge is 0.469 e. The molecule has 0 bridgehead atoms. The first-order valence-corrected chi connectivity index (χ1v) is 5.97. The molecular formula is C11H17BrO4. The van der Waals surface area contributed by atoms with Gasteiger partial charge in [0.1, 0.15) is 5.60 Å². The fourth-order valence-corrected chi connectivity index (χ4v) is 1.28. The Morgan fingerprint density at radius 2 is 1.88 bits per heavy atom. The van der Waals surface area contributed by atoms with Crippen molar-refractivity contribution in [1.29, 1.82) is 0 Å². The van der Waals surface area contributed by atoms with Gasteiger partial charge < -0.3 is 9.47 Å². The van der Waals surface area contributed by atoms with Gasteiger partial charge in [-0.15, -0.1) is 0 Å². The highest BCUT2D eigenvalue weighted by atomic mass is 79.9. The van der Waals surface area contributed by atoms with Gasteiger partial charge in [0.2, 0.25) is 0 Å². The Morgan fingerprint density at radius 3 is 2.25 bits per heavy atom. The fourth-order valence-electron chi connectivity index (χ4n) is 0.892. The average molecular weight is 293 g/mol. The summed E-state index contributed by atoms with van der Waals surface area (Å²) in [5.41, 5.74) is -0.267. The summed E-state index contributed by atoms with van der Waals surface area (Å²) in [6, 6.07) is 0. The molecule has 0 aromatic carbocycles. The molecule has 92 valence electrons. The van der Waals surface area contributed by atoms with Crippen LogP contribution in [0.25, 0.3) is 0 Å². The monoisotopic (exact) mass is 292 g/mol. The van der Waals surface area contributed by atoms with Gasteiger partial charge in [0.25, 0.3) is 0 Å². The van der Waals surface area contributed by atoms with Crippen molar-refractivity contribution in [3.63, 3.8) is 0 Å². The van der Waals surface area contributed by atoms with Gasteiger partial charge in [-0.3, -0.25) is 4.79 Å². The minimum absolute atomic E-state index is 0.0724. The van der Waals surface area contributed by atoms with Gasteiger partial charge in [0.05, 0.1) is 13.5 Å². The molecule has 0 atom stereocenters. The van der Waals surface area contributed by atoms with Gasteiger partial charge in [-0.25, -0.2) is 4.79 Å². The number of halogens is 1. The zero-order valence-electron chi connectivity index (χ0n) is 10.0. The highest BCUT2D eigenvalue weighted by Gasteiger charge is 2.21. The van der Waals surface area contributed by atoms with Crippen molar-refractivity contribution in [2.75, 3.05) is 12.4 Å². The highest BCUT2D eigenvalue weighted by molar-refractivity contribution is 9.09. The Balaban J connectivity index is 4.61. The maximum absolute atomic E-state index is 11.7. The summed E-state index contributed by atoms with van der Waals surface area (Å²) in [6.07, 6.45) is 1.53. The molecule has 0 saturated carbocycles. The van der Waals surface area contributed by atoms with Gasteiger partial charge in [-0.05, 0) is 20.8 Å². The second-order valence-electron chi connectivity index (χ2n) is 4.14. The normalized spacial score (nSPS) is 12.2. The van der Waals surface area contributed by atoms with E-state index in [1.54, 1.807) is 26.8 Å². The lowest BCUT2D eigenvalue weighted by Crippen LogP contribution is -2.25. The minimum atomic E-state index is -0.571. The first-order chi connectivity index (χ1) is 7.30. The second kappa shape index (κ2) is 6.68. The summed E-state index contributed by atoms with van der Waals surface area (Å²) in [5.74, 6) is -0.949. The quantitative estimate of drug-likeness (QED) is 0.453. The van der Waals surface area contributed by atoms with Gasteiger partial charge in [-0.1, -0.05) is 22.0 Å². The zero-order valence-corrected chi connectivity index (χ0v) is 11.6. The number of alkyl halides is 1.